The molecular weight excluding hydrogens is 194 g/mol. The molecule has 3 rings (SSSR count). The summed E-state index contributed by atoms with van der Waals surface area (Å²) in [6.07, 6.45) is 4.80. The normalized spacial score (nSPS) is 14.3. The Morgan fingerprint density at radius 3 is 3.29 bits per heavy atom. The molecule has 3 nitrogen and oxygen atoms in total. The standard InChI is InChI=1S/C10H9N3S/c1-3-11-5-7-6-14-10(8(1)7)9-2-4-12-13-9/h2,4-6H,1,3H2,(H,12,13). The van der Waals surface area contributed by atoms with E-state index in [0.717, 1.165) is 18.7 Å². The molecule has 0 saturated carbocycles. The maximum absolute atomic E-state index is 4.27. The second-order valence-electron chi connectivity index (χ2n) is 3.25. The largest absolute Gasteiger partial charge is 0.292 e. The van der Waals surface area contributed by atoms with E-state index in [1.807, 2.05) is 12.3 Å². The van der Waals surface area contributed by atoms with Gasteiger partial charge in [-0.1, -0.05) is 0 Å². The first-order valence-electron chi connectivity index (χ1n) is 4.55. The van der Waals surface area contributed by atoms with Crippen molar-refractivity contribution >= 4 is 17.6 Å². The van der Waals surface area contributed by atoms with Gasteiger partial charge in [-0.15, -0.1) is 11.3 Å². The highest BCUT2D eigenvalue weighted by molar-refractivity contribution is 7.14. The molecular formula is C10H9N3S. The maximum atomic E-state index is 4.27. The van der Waals surface area contributed by atoms with Gasteiger partial charge in [0.1, 0.15) is 0 Å². The third-order valence-electron chi connectivity index (χ3n) is 2.39. The number of aromatic nitrogens is 2. The lowest BCUT2D eigenvalue weighted by Crippen LogP contribution is -2.00. The molecule has 14 heavy (non-hydrogen) atoms. The highest BCUT2D eigenvalue weighted by atomic mass is 32.1. The molecule has 0 atom stereocenters. The van der Waals surface area contributed by atoms with Crippen LogP contribution in [0.2, 0.25) is 0 Å². The monoisotopic (exact) mass is 203 g/mol. The van der Waals surface area contributed by atoms with Crippen molar-refractivity contribution in [3.8, 4) is 10.6 Å². The van der Waals surface area contributed by atoms with Crippen LogP contribution in [0.4, 0.5) is 0 Å². The van der Waals surface area contributed by atoms with Gasteiger partial charge in [-0.3, -0.25) is 10.1 Å². The molecule has 2 aromatic heterocycles. The lowest BCUT2D eigenvalue weighted by molar-refractivity contribution is 0.959. The fraction of sp³-hybridized carbons (Fsp3) is 0.200. The second kappa shape index (κ2) is 3.06. The Morgan fingerprint density at radius 1 is 1.43 bits per heavy atom. The molecule has 0 fully saturated rings. The third kappa shape index (κ3) is 1.11. The predicted molar refractivity (Wildman–Crippen MR) is 58.1 cm³/mol. The van der Waals surface area contributed by atoms with Gasteiger partial charge in [0.2, 0.25) is 0 Å². The van der Waals surface area contributed by atoms with Crippen LogP contribution in [0, 0.1) is 0 Å². The van der Waals surface area contributed by atoms with Crippen molar-refractivity contribution in [3.63, 3.8) is 0 Å². The first kappa shape index (κ1) is 7.94. The summed E-state index contributed by atoms with van der Waals surface area (Å²) in [5.74, 6) is 0. The van der Waals surface area contributed by atoms with Crippen molar-refractivity contribution in [1.82, 2.24) is 10.2 Å². The first-order valence-corrected chi connectivity index (χ1v) is 5.43. The van der Waals surface area contributed by atoms with E-state index in [2.05, 4.69) is 20.6 Å². The lowest BCUT2D eigenvalue weighted by Gasteiger charge is -2.06. The van der Waals surface area contributed by atoms with Crippen LogP contribution in [-0.2, 0) is 6.42 Å². The number of nitrogens with zero attached hydrogens (tertiary/aromatic N) is 2. The molecule has 1 aliphatic rings. The highest BCUT2D eigenvalue weighted by Gasteiger charge is 2.14. The molecule has 0 bridgehead atoms. The number of rotatable bonds is 1. The van der Waals surface area contributed by atoms with Crippen molar-refractivity contribution in [2.75, 3.05) is 6.54 Å². The SMILES string of the molecule is C1=NCCc2c1csc2-c1ccn[nH]1. The molecule has 0 amide bonds. The zero-order valence-electron chi connectivity index (χ0n) is 7.53. The molecule has 0 unspecified atom stereocenters. The van der Waals surface area contributed by atoms with Crippen molar-refractivity contribution in [3.05, 3.63) is 28.8 Å². The van der Waals surface area contributed by atoms with E-state index in [-0.39, 0.29) is 0 Å². The Labute approximate surface area is 85.5 Å². The summed E-state index contributed by atoms with van der Waals surface area (Å²) in [4.78, 5) is 5.58. The van der Waals surface area contributed by atoms with Gasteiger partial charge in [0.05, 0.1) is 10.6 Å². The predicted octanol–water partition coefficient (Wildman–Crippen LogP) is 2.11. The minimum atomic E-state index is 0.908. The van der Waals surface area contributed by atoms with Crippen molar-refractivity contribution in [2.45, 2.75) is 6.42 Å². The van der Waals surface area contributed by atoms with Crippen molar-refractivity contribution in [2.24, 2.45) is 4.99 Å². The van der Waals surface area contributed by atoms with Gasteiger partial charge in [0.15, 0.2) is 0 Å². The second-order valence-corrected chi connectivity index (χ2v) is 4.13. The van der Waals surface area contributed by atoms with Crippen LogP contribution in [-0.4, -0.2) is 23.0 Å². The van der Waals surface area contributed by atoms with Gasteiger partial charge in [-0.2, -0.15) is 5.10 Å². The summed E-state index contributed by atoms with van der Waals surface area (Å²) in [6, 6.07) is 2.01. The van der Waals surface area contributed by atoms with Crippen LogP contribution in [0.15, 0.2) is 22.6 Å². The molecule has 0 radical (unpaired) electrons. The van der Waals surface area contributed by atoms with Crippen LogP contribution in [0.1, 0.15) is 11.1 Å². The fourth-order valence-corrected chi connectivity index (χ4v) is 2.76. The quantitative estimate of drug-likeness (QED) is 0.757. The minimum absolute atomic E-state index is 0.908. The van der Waals surface area contributed by atoms with E-state index >= 15 is 0 Å². The molecule has 0 aromatic carbocycles. The van der Waals surface area contributed by atoms with E-state index in [0.29, 0.717) is 0 Å². The lowest BCUT2D eigenvalue weighted by atomic mass is 10.1. The van der Waals surface area contributed by atoms with E-state index < -0.39 is 0 Å². The number of nitrogens with one attached hydrogen (secondary N) is 1. The number of aliphatic imine (C=N–C) groups is 1. The van der Waals surface area contributed by atoms with Gasteiger partial charge in [0.25, 0.3) is 0 Å². The average molecular weight is 203 g/mol. The number of hydrogen-bond donors (Lipinski definition) is 1. The number of H-pyrrole nitrogens is 1. The Morgan fingerprint density at radius 2 is 2.43 bits per heavy atom. The Kier molecular flexibility index (Phi) is 1.73. The van der Waals surface area contributed by atoms with Crippen LogP contribution in [0.3, 0.4) is 0 Å². The van der Waals surface area contributed by atoms with Gasteiger partial charge >= 0.3 is 0 Å². The molecule has 1 N–H and O–H groups in total. The first-order chi connectivity index (χ1) is 6.95. The number of hydrogen-bond acceptors (Lipinski definition) is 3. The van der Waals surface area contributed by atoms with E-state index in [9.17, 15) is 0 Å². The zero-order chi connectivity index (χ0) is 9.38. The van der Waals surface area contributed by atoms with E-state index in [1.54, 1.807) is 17.5 Å². The molecule has 1 aliphatic heterocycles. The van der Waals surface area contributed by atoms with Gasteiger partial charge < -0.3 is 0 Å². The maximum Gasteiger partial charge on any atom is 0.0752 e. The summed E-state index contributed by atoms with van der Waals surface area (Å²) in [6.45, 7) is 0.908. The third-order valence-corrected chi connectivity index (χ3v) is 3.47. The molecule has 0 saturated heterocycles. The van der Waals surface area contributed by atoms with Crippen LogP contribution >= 0.6 is 11.3 Å². The van der Waals surface area contributed by atoms with Crippen molar-refractivity contribution < 1.29 is 0 Å². The van der Waals surface area contributed by atoms with Crippen LogP contribution < -0.4 is 0 Å². The fourth-order valence-electron chi connectivity index (χ4n) is 1.71. The van der Waals surface area contributed by atoms with Crippen molar-refractivity contribution in [1.29, 1.82) is 0 Å². The molecule has 2 aromatic rings. The molecule has 4 heteroatoms. The number of fused-ring (bicyclic) bond motifs is 1. The van der Waals surface area contributed by atoms with Crippen LogP contribution in [0.25, 0.3) is 10.6 Å². The van der Waals surface area contributed by atoms with Gasteiger partial charge in [0, 0.05) is 29.9 Å². The van der Waals surface area contributed by atoms with E-state index in [4.69, 9.17) is 0 Å². The molecule has 3 heterocycles. The summed E-state index contributed by atoms with van der Waals surface area (Å²) in [5.41, 5.74) is 3.80. The van der Waals surface area contributed by atoms with Gasteiger partial charge in [-0.25, -0.2) is 0 Å². The van der Waals surface area contributed by atoms with Gasteiger partial charge in [-0.05, 0) is 18.1 Å². The summed E-state index contributed by atoms with van der Waals surface area (Å²) in [7, 11) is 0. The average Bonchev–Trinajstić information content (AvgIpc) is 2.85. The zero-order valence-corrected chi connectivity index (χ0v) is 8.34. The summed E-state index contributed by atoms with van der Waals surface area (Å²) < 4.78 is 0. The summed E-state index contributed by atoms with van der Waals surface area (Å²) in [5, 5.41) is 9.14. The molecule has 70 valence electrons. The molecule has 0 aliphatic carbocycles. The number of thiophene rings is 1. The minimum Gasteiger partial charge on any atom is -0.292 e. The Hall–Kier alpha value is -1.42. The highest BCUT2D eigenvalue weighted by Crippen LogP contribution is 2.32. The smallest absolute Gasteiger partial charge is 0.0752 e. The topological polar surface area (TPSA) is 41.0 Å². The molecule has 0 spiro atoms. The number of aromatic amines is 1. The Balaban J connectivity index is 2.16. The Bertz CT molecular complexity index is 468. The summed E-state index contributed by atoms with van der Waals surface area (Å²) >= 11 is 1.76. The van der Waals surface area contributed by atoms with E-state index in [1.165, 1.54) is 16.0 Å². The van der Waals surface area contributed by atoms with Crippen LogP contribution in [0.5, 0.6) is 0 Å².